The van der Waals surface area contributed by atoms with Crippen LogP contribution in [0.5, 0.6) is 5.75 Å². The van der Waals surface area contributed by atoms with E-state index in [4.69, 9.17) is 16.3 Å². The minimum absolute atomic E-state index is 0.351. The van der Waals surface area contributed by atoms with Crippen LogP contribution in [0.4, 0.5) is 0 Å². The molecule has 2 nitrogen and oxygen atoms in total. The first kappa shape index (κ1) is 14.7. The van der Waals surface area contributed by atoms with Gasteiger partial charge in [0.15, 0.2) is 0 Å². The van der Waals surface area contributed by atoms with Gasteiger partial charge in [-0.15, -0.1) is 0 Å². The quantitative estimate of drug-likeness (QED) is 0.834. The zero-order chi connectivity index (χ0) is 13.7. The van der Waals surface area contributed by atoms with Gasteiger partial charge >= 0.3 is 0 Å². The predicted molar refractivity (Wildman–Crippen MR) is 80.9 cm³/mol. The van der Waals surface area contributed by atoms with Gasteiger partial charge in [-0.3, -0.25) is 0 Å². The van der Waals surface area contributed by atoms with Crippen LogP contribution < -0.4 is 10.1 Å². The van der Waals surface area contributed by atoms with Gasteiger partial charge in [-0.05, 0) is 44.2 Å². The number of ether oxygens (including phenoxy) is 1. The molecule has 106 valence electrons. The second kappa shape index (κ2) is 7.16. The highest BCUT2D eigenvalue weighted by Gasteiger charge is 2.19. The molecule has 1 saturated carbocycles. The molecule has 0 amide bonds. The predicted octanol–water partition coefficient (Wildman–Crippen LogP) is 4.41. The third kappa shape index (κ3) is 4.39. The number of hydrogen-bond acceptors (Lipinski definition) is 2. The Morgan fingerprint density at radius 1 is 1.32 bits per heavy atom. The second-order valence-corrected chi connectivity index (χ2v) is 6.18. The number of nitrogens with one attached hydrogen (secondary N) is 1. The van der Waals surface area contributed by atoms with Crippen LogP contribution in [-0.2, 0) is 6.54 Å². The summed E-state index contributed by atoms with van der Waals surface area (Å²) < 4.78 is 6.12. The Hall–Kier alpha value is -0.730. The van der Waals surface area contributed by atoms with E-state index in [-0.39, 0.29) is 0 Å². The van der Waals surface area contributed by atoms with E-state index < -0.39 is 0 Å². The Kier molecular flexibility index (Phi) is 5.53. The van der Waals surface area contributed by atoms with Crippen LogP contribution in [0.2, 0.25) is 5.02 Å². The van der Waals surface area contributed by atoms with Crippen LogP contribution >= 0.6 is 11.6 Å². The van der Waals surface area contributed by atoms with E-state index in [0.29, 0.717) is 12.0 Å². The summed E-state index contributed by atoms with van der Waals surface area (Å²) in [7, 11) is 0. The summed E-state index contributed by atoms with van der Waals surface area (Å²) in [6.45, 7) is 6.25. The van der Waals surface area contributed by atoms with Gasteiger partial charge in [-0.25, -0.2) is 0 Å². The summed E-state index contributed by atoms with van der Waals surface area (Å²) >= 11 is 6.30. The summed E-state index contributed by atoms with van der Waals surface area (Å²) in [5.74, 6) is 1.53. The molecule has 0 bridgehead atoms. The summed E-state index contributed by atoms with van der Waals surface area (Å²) in [5.41, 5.74) is 1.17. The molecule has 1 aromatic carbocycles. The average molecular weight is 282 g/mol. The maximum atomic E-state index is 6.30. The van der Waals surface area contributed by atoms with E-state index in [9.17, 15) is 0 Å². The molecule has 1 aromatic rings. The van der Waals surface area contributed by atoms with Gasteiger partial charge in [0.05, 0.1) is 11.1 Å². The molecule has 0 aromatic heterocycles. The third-order valence-corrected chi connectivity index (χ3v) is 3.80. The zero-order valence-electron chi connectivity index (χ0n) is 11.9. The molecule has 0 unspecified atom stereocenters. The Labute approximate surface area is 121 Å². The van der Waals surface area contributed by atoms with E-state index >= 15 is 0 Å². The lowest BCUT2D eigenvalue weighted by molar-refractivity contribution is 0.207. The fourth-order valence-electron chi connectivity index (χ4n) is 2.49. The highest BCUT2D eigenvalue weighted by molar-refractivity contribution is 6.32. The van der Waals surface area contributed by atoms with Crippen molar-refractivity contribution < 1.29 is 4.74 Å². The molecule has 0 saturated heterocycles. The number of halogens is 1. The molecule has 2 rings (SSSR count). The fourth-order valence-corrected chi connectivity index (χ4v) is 2.73. The average Bonchev–Trinajstić information content (AvgIpc) is 2.85. The van der Waals surface area contributed by atoms with Crippen molar-refractivity contribution in [3.63, 3.8) is 0 Å². The highest BCUT2D eigenvalue weighted by atomic mass is 35.5. The smallest absolute Gasteiger partial charge is 0.142 e. The van der Waals surface area contributed by atoms with Gasteiger partial charge in [0.1, 0.15) is 5.75 Å². The topological polar surface area (TPSA) is 21.3 Å². The molecule has 1 N–H and O–H groups in total. The molecule has 1 fully saturated rings. The van der Waals surface area contributed by atoms with Crippen molar-refractivity contribution in [2.45, 2.75) is 52.2 Å². The molecule has 0 radical (unpaired) electrons. The van der Waals surface area contributed by atoms with Crippen LogP contribution in [0.25, 0.3) is 0 Å². The van der Waals surface area contributed by atoms with Crippen LogP contribution in [0.3, 0.4) is 0 Å². The van der Waals surface area contributed by atoms with E-state index in [1.54, 1.807) is 0 Å². The number of para-hydroxylation sites is 1. The van der Waals surface area contributed by atoms with Gasteiger partial charge in [-0.1, -0.05) is 37.6 Å². The van der Waals surface area contributed by atoms with Gasteiger partial charge in [0.2, 0.25) is 0 Å². The minimum Gasteiger partial charge on any atom is -0.489 e. The Morgan fingerprint density at radius 3 is 2.74 bits per heavy atom. The lowest BCUT2D eigenvalue weighted by atomic mass is 10.1. The molecule has 0 heterocycles. The molecule has 1 aliphatic carbocycles. The molecular weight excluding hydrogens is 258 g/mol. The SMILES string of the molecule is CC(C)CNCc1cccc(Cl)c1OC1CCCC1. The Morgan fingerprint density at radius 2 is 2.05 bits per heavy atom. The van der Waals surface area contributed by atoms with E-state index in [0.717, 1.165) is 36.7 Å². The Balaban J connectivity index is 2.02. The second-order valence-electron chi connectivity index (χ2n) is 5.78. The van der Waals surface area contributed by atoms with Gasteiger partial charge in [-0.2, -0.15) is 0 Å². The molecule has 0 aliphatic heterocycles. The Bertz CT molecular complexity index is 400. The zero-order valence-corrected chi connectivity index (χ0v) is 12.7. The van der Waals surface area contributed by atoms with Crippen molar-refractivity contribution in [2.75, 3.05) is 6.54 Å². The minimum atomic E-state index is 0.351. The monoisotopic (exact) mass is 281 g/mol. The lowest BCUT2D eigenvalue weighted by Crippen LogP contribution is -2.20. The van der Waals surface area contributed by atoms with Crippen LogP contribution in [0.1, 0.15) is 45.1 Å². The standard InChI is InChI=1S/C16H24ClNO/c1-12(2)10-18-11-13-6-5-9-15(17)16(13)19-14-7-3-4-8-14/h5-6,9,12,14,18H,3-4,7-8,10-11H2,1-2H3. The molecule has 1 aliphatic rings. The third-order valence-electron chi connectivity index (χ3n) is 3.50. The van der Waals surface area contributed by atoms with Crippen LogP contribution in [0.15, 0.2) is 18.2 Å². The normalized spacial score (nSPS) is 16.2. The highest BCUT2D eigenvalue weighted by Crippen LogP contribution is 2.32. The molecule has 0 atom stereocenters. The number of benzene rings is 1. The van der Waals surface area contributed by atoms with E-state index in [2.05, 4.69) is 25.2 Å². The maximum Gasteiger partial charge on any atom is 0.142 e. The van der Waals surface area contributed by atoms with Gasteiger partial charge in [0.25, 0.3) is 0 Å². The van der Waals surface area contributed by atoms with Crippen molar-refractivity contribution >= 4 is 11.6 Å². The molecule has 19 heavy (non-hydrogen) atoms. The summed E-state index contributed by atoms with van der Waals surface area (Å²) in [4.78, 5) is 0. The first-order valence-electron chi connectivity index (χ1n) is 7.31. The van der Waals surface area contributed by atoms with Crippen molar-refractivity contribution in [3.8, 4) is 5.75 Å². The summed E-state index contributed by atoms with van der Waals surface area (Å²) in [6.07, 6.45) is 5.21. The van der Waals surface area contributed by atoms with Crippen LogP contribution in [0, 0.1) is 5.92 Å². The largest absolute Gasteiger partial charge is 0.489 e. The van der Waals surface area contributed by atoms with E-state index in [1.807, 2.05) is 12.1 Å². The molecular formula is C16H24ClNO. The first-order valence-corrected chi connectivity index (χ1v) is 7.69. The first-order chi connectivity index (χ1) is 9.16. The molecule has 3 heteroatoms. The van der Waals surface area contributed by atoms with Crippen molar-refractivity contribution in [1.29, 1.82) is 0 Å². The fraction of sp³-hybridized carbons (Fsp3) is 0.625. The van der Waals surface area contributed by atoms with Gasteiger partial charge in [0, 0.05) is 12.1 Å². The summed E-state index contributed by atoms with van der Waals surface area (Å²) in [6, 6.07) is 6.01. The number of rotatable bonds is 6. The van der Waals surface area contributed by atoms with E-state index in [1.165, 1.54) is 18.4 Å². The molecule has 0 spiro atoms. The van der Waals surface area contributed by atoms with Crippen LogP contribution in [-0.4, -0.2) is 12.6 Å². The van der Waals surface area contributed by atoms with Crippen molar-refractivity contribution in [2.24, 2.45) is 5.92 Å². The lowest BCUT2D eigenvalue weighted by Gasteiger charge is -2.18. The van der Waals surface area contributed by atoms with Crippen molar-refractivity contribution in [1.82, 2.24) is 5.32 Å². The maximum absolute atomic E-state index is 6.30. The van der Waals surface area contributed by atoms with Gasteiger partial charge < -0.3 is 10.1 Å². The van der Waals surface area contributed by atoms with Crippen molar-refractivity contribution in [3.05, 3.63) is 28.8 Å². The summed E-state index contributed by atoms with van der Waals surface area (Å²) in [5, 5.41) is 4.19. The number of hydrogen-bond donors (Lipinski definition) is 1.